The van der Waals surface area contributed by atoms with Crippen LogP contribution in [-0.4, -0.2) is 25.7 Å². The highest BCUT2D eigenvalue weighted by molar-refractivity contribution is 5.89. The number of aromatic nitrogens is 4. The van der Waals surface area contributed by atoms with Gasteiger partial charge in [-0.25, -0.2) is 14.6 Å². The summed E-state index contributed by atoms with van der Waals surface area (Å²) >= 11 is 0. The van der Waals surface area contributed by atoms with Crippen molar-refractivity contribution >= 4 is 22.6 Å². The maximum Gasteiger partial charge on any atom is 0.275 e. The molecule has 1 amide bonds. The van der Waals surface area contributed by atoms with E-state index in [1.807, 2.05) is 12.1 Å². The average Bonchev–Trinajstić information content (AvgIpc) is 2.53. The monoisotopic (exact) mass is 295 g/mol. The van der Waals surface area contributed by atoms with Crippen LogP contribution in [0.1, 0.15) is 5.69 Å². The Morgan fingerprint density at radius 1 is 1.14 bits per heavy atom. The predicted molar refractivity (Wildman–Crippen MR) is 81.4 cm³/mol. The van der Waals surface area contributed by atoms with E-state index >= 15 is 0 Å². The number of hydrogen-bond donors (Lipinski definition) is 1. The molecular weight excluding hydrogens is 282 g/mol. The molecule has 3 rings (SSSR count). The molecule has 1 N–H and O–H groups in total. The van der Waals surface area contributed by atoms with E-state index < -0.39 is 5.91 Å². The molecule has 0 saturated heterocycles. The summed E-state index contributed by atoms with van der Waals surface area (Å²) in [7, 11) is 0. The largest absolute Gasteiger partial charge is 0.293 e. The first-order valence-corrected chi connectivity index (χ1v) is 6.68. The van der Waals surface area contributed by atoms with Crippen LogP contribution < -0.4 is 10.9 Å². The predicted octanol–water partition coefficient (Wildman–Crippen LogP) is 1.13. The molecule has 0 aliphatic carbocycles. The highest BCUT2D eigenvalue weighted by Crippen LogP contribution is 2.11. The molecule has 7 heteroatoms. The van der Waals surface area contributed by atoms with Gasteiger partial charge >= 0.3 is 0 Å². The fourth-order valence-electron chi connectivity index (χ4n) is 2.18. The van der Waals surface area contributed by atoms with E-state index in [-0.39, 0.29) is 18.1 Å². The van der Waals surface area contributed by atoms with Crippen molar-refractivity contribution in [3.05, 3.63) is 58.8 Å². The Morgan fingerprint density at radius 2 is 1.82 bits per heavy atom. The Morgan fingerprint density at radius 3 is 2.55 bits per heavy atom. The summed E-state index contributed by atoms with van der Waals surface area (Å²) < 4.78 is 1.15. The summed E-state index contributed by atoms with van der Waals surface area (Å²) in [5, 5.41) is 8.04. The third-order valence-electron chi connectivity index (χ3n) is 3.16. The van der Waals surface area contributed by atoms with E-state index in [4.69, 9.17) is 0 Å². The third kappa shape index (κ3) is 2.69. The van der Waals surface area contributed by atoms with Gasteiger partial charge in [0, 0.05) is 17.8 Å². The molecule has 0 saturated carbocycles. The minimum atomic E-state index is -0.407. The van der Waals surface area contributed by atoms with Gasteiger partial charge in [0.1, 0.15) is 6.54 Å². The van der Waals surface area contributed by atoms with Crippen LogP contribution in [0.5, 0.6) is 0 Å². The lowest BCUT2D eigenvalue weighted by Gasteiger charge is -2.08. The third-order valence-corrected chi connectivity index (χ3v) is 3.16. The Kier molecular flexibility index (Phi) is 3.61. The molecule has 0 unspecified atom stereocenters. The quantitative estimate of drug-likeness (QED) is 0.782. The number of hydrogen-bond acceptors (Lipinski definition) is 5. The fraction of sp³-hybridized carbons (Fsp3) is 0.133. The molecule has 0 fully saturated rings. The second-order valence-corrected chi connectivity index (χ2v) is 4.71. The first kappa shape index (κ1) is 13.9. The molecule has 110 valence electrons. The number of fused-ring (bicyclic) bond motifs is 1. The van der Waals surface area contributed by atoms with Crippen molar-refractivity contribution in [2.75, 3.05) is 5.32 Å². The SMILES string of the molecule is Cc1nn(CC(=O)Nc2ncccn2)c(=O)c2ccccc12. The van der Waals surface area contributed by atoms with Crippen LogP contribution in [0.25, 0.3) is 10.8 Å². The van der Waals surface area contributed by atoms with Gasteiger partial charge in [-0.05, 0) is 19.1 Å². The second kappa shape index (κ2) is 5.72. The summed E-state index contributed by atoms with van der Waals surface area (Å²) in [5.41, 5.74) is 0.393. The Bertz CT molecular complexity index is 889. The molecule has 0 aliphatic heterocycles. The Balaban J connectivity index is 1.89. The standard InChI is InChI=1S/C15H13N5O2/c1-10-11-5-2-3-6-12(11)14(22)20(19-10)9-13(21)18-15-16-7-4-8-17-15/h2-8H,9H2,1H3,(H,16,17,18,21). The summed E-state index contributed by atoms with van der Waals surface area (Å²) in [6.07, 6.45) is 3.04. The van der Waals surface area contributed by atoms with Crippen molar-refractivity contribution < 1.29 is 4.79 Å². The molecule has 2 aromatic heterocycles. The van der Waals surface area contributed by atoms with Crippen LogP contribution in [0.3, 0.4) is 0 Å². The number of aryl methyl sites for hydroxylation is 1. The second-order valence-electron chi connectivity index (χ2n) is 4.71. The van der Waals surface area contributed by atoms with E-state index in [0.29, 0.717) is 11.1 Å². The molecule has 22 heavy (non-hydrogen) atoms. The van der Waals surface area contributed by atoms with Crippen LogP contribution in [0.4, 0.5) is 5.95 Å². The number of carbonyl (C=O) groups excluding carboxylic acids is 1. The zero-order chi connectivity index (χ0) is 15.5. The molecule has 2 heterocycles. The van der Waals surface area contributed by atoms with E-state index in [9.17, 15) is 9.59 Å². The zero-order valence-corrected chi connectivity index (χ0v) is 11.9. The Hall–Kier alpha value is -3.09. The molecular formula is C15H13N5O2. The summed E-state index contributed by atoms with van der Waals surface area (Å²) in [4.78, 5) is 32.1. The lowest BCUT2D eigenvalue weighted by Crippen LogP contribution is -2.30. The van der Waals surface area contributed by atoms with Crippen molar-refractivity contribution in [3.63, 3.8) is 0 Å². The maximum absolute atomic E-state index is 12.4. The molecule has 3 aromatic rings. The van der Waals surface area contributed by atoms with E-state index in [1.54, 1.807) is 25.1 Å². The van der Waals surface area contributed by atoms with Crippen LogP contribution >= 0.6 is 0 Å². The number of nitrogens with one attached hydrogen (secondary N) is 1. The highest BCUT2D eigenvalue weighted by atomic mass is 16.2. The number of carbonyl (C=O) groups is 1. The van der Waals surface area contributed by atoms with Gasteiger partial charge in [0.2, 0.25) is 11.9 Å². The number of nitrogens with zero attached hydrogens (tertiary/aromatic N) is 4. The van der Waals surface area contributed by atoms with Crippen LogP contribution in [0.2, 0.25) is 0 Å². The number of amides is 1. The van der Waals surface area contributed by atoms with Gasteiger partial charge < -0.3 is 0 Å². The first-order valence-electron chi connectivity index (χ1n) is 6.68. The van der Waals surface area contributed by atoms with Gasteiger partial charge in [-0.15, -0.1) is 0 Å². The van der Waals surface area contributed by atoms with Gasteiger partial charge in [0.25, 0.3) is 5.56 Å². The molecule has 7 nitrogen and oxygen atoms in total. The summed E-state index contributed by atoms with van der Waals surface area (Å²) in [5.74, 6) is -0.214. The minimum Gasteiger partial charge on any atom is -0.293 e. The topological polar surface area (TPSA) is 89.8 Å². The van der Waals surface area contributed by atoms with Gasteiger partial charge in [0.05, 0.1) is 11.1 Å². The zero-order valence-electron chi connectivity index (χ0n) is 11.9. The molecule has 0 radical (unpaired) electrons. The summed E-state index contributed by atoms with van der Waals surface area (Å²) in [6.45, 7) is 1.61. The Labute approximate surface area is 125 Å². The molecule has 0 aliphatic rings. The van der Waals surface area contributed by atoms with Crippen molar-refractivity contribution in [1.29, 1.82) is 0 Å². The lowest BCUT2D eigenvalue weighted by molar-refractivity contribution is -0.117. The van der Waals surface area contributed by atoms with Crippen LogP contribution in [0.15, 0.2) is 47.5 Å². The van der Waals surface area contributed by atoms with Crippen LogP contribution in [0, 0.1) is 6.92 Å². The normalized spacial score (nSPS) is 10.6. The average molecular weight is 295 g/mol. The lowest BCUT2D eigenvalue weighted by atomic mass is 10.1. The smallest absolute Gasteiger partial charge is 0.275 e. The minimum absolute atomic E-state index is 0.192. The van der Waals surface area contributed by atoms with Crippen molar-refractivity contribution in [2.24, 2.45) is 0 Å². The van der Waals surface area contributed by atoms with Crippen molar-refractivity contribution in [3.8, 4) is 0 Å². The first-order chi connectivity index (χ1) is 10.6. The van der Waals surface area contributed by atoms with Gasteiger partial charge in [-0.2, -0.15) is 5.10 Å². The summed E-state index contributed by atoms with van der Waals surface area (Å²) in [6, 6.07) is 8.84. The highest BCUT2D eigenvalue weighted by Gasteiger charge is 2.11. The number of anilines is 1. The molecule has 0 atom stereocenters. The van der Waals surface area contributed by atoms with Gasteiger partial charge in [-0.3, -0.25) is 14.9 Å². The van der Waals surface area contributed by atoms with Crippen molar-refractivity contribution in [2.45, 2.75) is 13.5 Å². The van der Waals surface area contributed by atoms with Gasteiger partial charge in [-0.1, -0.05) is 18.2 Å². The van der Waals surface area contributed by atoms with E-state index in [0.717, 1.165) is 10.1 Å². The fourth-order valence-corrected chi connectivity index (χ4v) is 2.18. The number of benzene rings is 1. The van der Waals surface area contributed by atoms with E-state index in [2.05, 4.69) is 20.4 Å². The molecule has 1 aromatic carbocycles. The van der Waals surface area contributed by atoms with E-state index in [1.165, 1.54) is 12.4 Å². The number of rotatable bonds is 3. The molecule has 0 bridgehead atoms. The maximum atomic E-state index is 12.4. The van der Waals surface area contributed by atoms with Crippen molar-refractivity contribution in [1.82, 2.24) is 19.7 Å². The van der Waals surface area contributed by atoms with Gasteiger partial charge in [0.15, 0.2) is 0 Å². The molecule has 0 spiro atoms. The van der Waals surface area contributed by atoms with Crippen LogP contribution in [-0.2, 0) is 11.3 Å².